The number of benzene rings is 1. The quantitative estimate of drug-likeness (QED) is 0.864. The highest BCUT2D eigenvalue weighted by Crippen LogP contribution is 2.35. The molecule has 0 saturated heterocycles. The van der Waals surface area contributed by atoms with Crippen molar-refractivity contribution >= 4 is 11.8 Å². The topological polar surface area (TPSA) is 64.5 Å². The van der Waals surface area contributed by atoms with Crippen LogP contribution in [-0.4, -0.2) is 28.3 Å². The van der Waals surface area contributed by atoms with E-state index in [-0.39, 0.29) is 6.61 Å². The Kier molecular flexibility index (Phi) is 3.52. The second-order valence-corrected chi connectivity index (χ2v) is 4.98. The summed E-state index contributed by atoms with van der Waals surface area (Å²) < 4.78 is 11.0. The molecule has 6 heteroatoms. The van der Waals surface area contributed by atoms with Gasteiger partial charge in [-0.05, 0) is 30.0 Å². The van der Waals surface area contributed by atoms with E-state index >= 15 is 0 Å². The van der Waals surface area contributed by atoms with Crippen LogP contribution in [-0.2, 0) is 6.61 Å². The zero-order valence-corrected chi connectivity index (χ0v) is 10.9. The van der Waals surface area contributed by atoms with Crippen molar-refractivity contribution in [2.75, 3.05) is 13.2 Å². The third-order valence-corrected chi connectivity index (χ3v) is 3.47. The molecule has 1 aromatic heterocycles. The highest BCUT2D eigenvalue weighted by atomic mass is 32.2. The van der Waals surface area contributed by atoms with Gasteiger partial charge in [-0.1, -0.05) is 0 Å². The van der Waals surface area contributed by atoms with Gasteiger partial charge in [-0.3, -0.25) is 0 Å². The number of nitrogens with zero attached hydrogens (tertiary/aromatic N) is 2. The number of rotatable bonds is 3. The molecule has 0 amide bonds. The first-order valence-electron chi connectivity index (χ1n) is 5.84. The average molecular weight is 276 g/mol. The molecule has 0 fully saturated rings. The Morgan fingerprint density at radius 1 is 1.11 bits per heavy atom. The smallest absolute Gasteiger partial charge is 0.192 e. The van der Waals surface area contributed by atoms with E-state index in [4.69, 9.17) is 14.6 Å². The normalized spacial score (nSPS) is 13.3. The average Bonchev–Trinajstić information content (AvgIpc) is 2.48. The van der Waals surface area contributed by atoms with E-state index in [2.05, 4.69) is 9.97 Å². The summed E-state index contributed by atoms with van der Waals surface area (Å²) in [6.45, 7) is 1.11. The van der Waals surface area contributed by atoms with Crippen LogP contribution in [0.3, 0.4) is 0 Å². The highest BCUT2D eigenvalue weighted by Gasteiger charge is 2.12. The largest absolute Gasteiger partial charge is 0.486 e. The van der Waals surface area contributed by atoms with Crippen molar-refractivity contribution in [3.63, 3.8) is 0 Å². The fraction of sp³-hybridized carbons (Fsp3) is 0.231. The first-order valence-corrected chi connectivity index (χ1v) is 6.66. The Bertz CT molecular complexity index is 575. The van der Waals surface area contributed by atoms with E-state index in [1.807, 2.05) is 18.2 Å². The lowest BCUT2D eigenvalue weighted by atomic mass is 10.3. The van der Waals surface area contributed by atoms with E-state index in [9.17, 15) is 0 Å². The summed E-state index contributed by atoms with van der Waals surface area (Å²) >= 11 is 1.44. The number of ether oxygens (including phenoxy) is 2. The van der Waals surface area contributed by atoms with Crippen molar-refractivity contribution in [3.8, 4) is 11.5 Å². The molecule has 0 spiro atoms. The molecule has 0 bridgehead atoms. The van der Waals surface area contributed by atoms with Gasteiger partial charge in [-0.2, -0.15) is 0 Å². The summed E-state index contributed by atoms with van der Waals surface area (Å²) in [5, 5.41) is 9.57. The van der Waals surface area contributed by atoms with Crippen LogP contribution < -0.4 is 9.47 Å². The zero-order valence-electron chi connectivity index (χ0n) is 10.1. The molecular weight excluding hydrogens is 264 g/mol. The molecule has 0 radical (unpaired) electrons. The van der Waals surface area contributed by atoms with Gasteiger partial charge in [0.25, 0.3) is 0 Å². The maximum Gasteiger partial charge on any atom is 0.192 e. The molecule has 0 aliphatic carbocycles. The van der Waals surface area contributed by atoms with Gasteiger partial charge in [0.05, 0.1) is 6.61 Å². The Morgan fingerprint density at radius 2 is 1.84 bits per heavy atom. The summed E-state index contributed by atoms with van der Waals surface area (Å²) in [5.41, 5.74) is 0.700. The molecular formula is C13H12N2O3S. The second-order valence-electron chi connectivity index (χ2n) is 3.94. The van der Waals surface area contributed by atoms with Gasteiger partial charge >= 0.3 is 0 Å². The molecule has 1 aliphatic rings. The van der Waals surface area contributed by atoms with Crippen LogP contribution in [0.5, 0.6) is 11.5 Å². The van der Waals surface area contributed by atoms with Crippen LogP contribution in [0.1, 0.15) is 5.56 Å². The second kappa shape index (κ2) is 5.46. The van der Waals surface area contributed by atoms with Crippen LogP contribution in [0, 0.1) is 0 Å². The van der Waals surface area contributed by atoms with Gasteiger partial charge in [0.1, 0.15) is 13.2 Å². The number of hydrogen-bond acceptors (Lipinski definition) is 6. The van der Waals surface area contributed by atoms with E-state index in [0.717, 1.165) is 16.4 Å². The molecule has 2 heterocycles. The van der Waals surface area contributed by atoms with E-state index in [1.165, 1.54) is 11.8 Å². The Labute approximate surface area is 114 Å². The van der Waals surface area contributed by atoms with Crippen molar-refractivity contribution < 1.29 is 14.6 Å². The lowest BCUT2D eigenvalue weighted by Gasteiger charge is -2.18. The van der Waals surface area contributed by atoms with Crippen molar-refractivity contribution in [2.45, 2.75) is 16.7 Å². The maximum absolute atomic E-state index is 8.93. The minimum Gasteiger partial charge on any atom is -0.486 e. The Balaban J connectivity index is 1.78. The van der Waals surface area contributed by atoms with Crippen LogP contribution in [0.2, 0.25) is 0 Å². The molecule has 2 aromatic rings. The van der Waals surface area contributed by atoms with Crippen molar-refractivity contribution in [1.29, 1.82) is 0 Å². The van der Waals surface area contributed by atoms with Gasteiger partial charge in [0.15, 0.2) is 16.7 Å². The summed E-state index contributed by atoms with van der Waals surface area (Å²) in [6.07, 6.45) is 3.24. The number of aliphatic hydroxyl groups excluding tert-OH is 1. The van der Waals surface area contributed by atoms with Crippen LogP contribution >= 0.6 is 11.8 Å². The highest BCUT2D eigenvalue weighted by molar-refractivity contribution is 7.99. The fourth-order valence-corrected chi connectivity index (χ4v) is 2.39. The standard InChI is InChI=1S/C13H12N2O3S/c16-8-9-6-14-13(15-7-9)19-10-1-2-11-12(5-10)18-4-3-17-11/h1-2,5-7,16H,3-4,8H2. The van der Waals surface area contributed by atoms with Crippen molar-refractivity contribution in [3.05, 3.63) is 36.2 Å². The third-order valence-electron chi connectivity index (χ3n) is 2.59. The lowest BCUT2D eigenvalue weighted by Crippen LogP contribution is -2.15. The van der Waals surface area contributed by atoms with Gasteiger partial charge < -0.3 is 14.6 Å². The van der Waals surface area contributed by atoms with Gasteiger partial charge in [0.2, 0.25) is 0 Å². The molecule has 0 saturated carbocycles. The van der Waals surface area contributed by atoms with E-state index in [1.54, 1.807) is 12.4 Å². The number of aliphatic hydroxyl groups is 1. The molecule has 1 aliphatic heterocycles. The van der Waals surface area contributed by atoms with Gasteiger partial charge in [0, 0.05) is 22.9 Å². The zero-order chi connectivity index (χ0) is 13.1. The summed E-state index contributed by atoms with van der Waals surface area (Å²) in [4.78, 5) is 9.34. The predicted octanol–water partition coefficient (Wildman–Crippen LogP) is 1.89. The van der Waals surface area contributed by atoms with Crippen molar-refractivity contribution in [1.82, 2.24) is 9.97 Å². The van der Waals surface area contributed by atoms with E-state index in [0.29, 0.717) is 23.9 Å². The van der Waals surface area contributed by atoms with Crippen LogP contribution in [0.4, 0.5) is 0 Å². The minimum absolute atomic E-state index is 0.0467. The van der Waals surface area contributed by atoms with E-state index < -0.39 is 0 Å². The predicted molar refractivity (Wildman–Crippen MR) is 69.5 cm³/mol. The number of hydrogen-bond donors (Lipinski definition) is 1. The molecule has 19 heavy (non-hydrogen) atoms. The molecule has 1 aromatic carbocycles. The lowest BCUT2D eigenvalue weighted by molar-refractivity contribution is 0.171. The molecule has 0 unspecified atom stereocenters. The SMILES string of the molecule is OCc1cnc(Sc2ccc3c(c2)OCCO3)nc1. The molecule has 5 nitrogen and oxygen atoms in total. The van der Waals surface area contributed by atoms with Crippen LogP contribution in [0.15, 0.2) is 40.6 Å². The summed E-state index contributed by atoms with van der Waals surface area (Å²) in [6, 6.07) is 5.75. The molecule has 98 valence electrons. The van der Waals surface area contributed by atoms with Crippen LogP contribution in [0.25, 0.3) is 0 Å². The third kappa shape index (κ3) is 2.80. The maximum atomic E-state index is 8.93. The first kappa shape index (κ1) is 12.3. The number of fused-ring (bicyclic) bond motifs is 1. The monoisotopic (exact) mass is 276 g/mol. The minimum atomic E-state index is -0.0467. The van der Waals surface area contributed by atoms with Crippen molar-refractivity contribution in [2.24, 2.45) is 0 Å². The Hall–Kier alpha value is -1.79. The number of aromatic nitrogens is 2. The molecule has 3 rings (SSSR count). The summed E-state index contributed by atoms with van der Waals surface area (Å²) in [7, 11) is 0. The van der Waals surface area contributed by atoms with Gasteiger partial charge in [-0.25, -0.2) is 9.97 Å². The Morgan fingerprint density at radius 3 is 2.58 bits per heavy atom. The van der Waals surface area contributed by atoms with Gasteiger partial charge in [-0.15, -0.1) is 0 Å². The first-order chi connectivity index (χ1) is 9.35. The molecule has 1 N–H and O–H groups in total. The summed E-state index contributed by atoms with van der Waals surface area (Å²) in [5.74, 6) is 1.52. The fourth-order valence-electron chi connectivity index (χ4n) is 1.67. The molecule has 0 atom stereocenters.